The maximum absolute atomic E-state index is 13.0. The van der Waals surface area contributed by atoms with Gasteiger partial charge in [0.15, 0.2) is 0 Å². The molecule has 2 heterocycles. The minimum Gasteiger partial charge on any atom is -0.328 e. The lowest BCUT2D eigenvalue weighted by Crippen LogP contribution is -2.42. The number of fused-ring (bicyclic) bond motifs is 1. The fourth-order valence-electron chi connectivity index (χ4n) is 3.83. The van der Waals surface area contributed by atoms with E-state index in [2.05, 4.69) is 0 Å². The third-order valence-corrected chi connectivity index (χ3v) is 7.33. The van der Waals surface area contributed by atoms with Crippen LogP contribution in [0.15, 0.2) is 23.1 Å². The molecule has 0 radical (unpaired) electrons. The summed E-state index contributed by atoms with van der Waals surface area (Å²) in [5, 5.41) is 0. The van der Waals surface area contributed by atoms with Gasteiger partial charge in [-0.05, 0) is 56.2 Å². The predicted octanol–water partition coefficient (Wildman–Crippen LogP) is 2.16. The fraction of sp³-hybridized carbons (Fsp3) is 0.611. The smallest absolute Gasteiger partial charge is 0.243 e. The number of piperidine rings is 1. The molecule has 146 valence electrons. The topological polar surface area (TPSA) is 83.7 Å². The maximum atomic E-state index is 13.0. The molecule has 1 unspecified atom stereocenters. The van der Waals surface area contributed by atoms with Crippen LogP contribution >= 0.6 is 12.4 Å². The van der Waals surface area contributed by atoms with E-state index < -0.39 is 10.0 Å². The maximum Gasteiger partial charge on any atom is 0.243 e. The third kappa shape index (κ3) is 4.06. The third-order valence-electron chi connectivity index (χ3n) is 5.44. The van der Waals surface area contributed by atoms with E-state index in [1.165, 1.54) is 6.92 Å². The van der Waals surface area contributed by atoms with Crippen LogP contribution in [-0.2, 0) is 21.2 Å². The lowest BCUT2D eigenvalue weighted by molar-refractivity contribution is -0.116. The van der Waals surface area contributed by atoms with Crippen molar-refractivity contribution in [2.75, 3.05) is 24.5 Å². The number of benzene rings is 1. The molecular formula is C18H28ClN3O3S. The largest absolute Gasteiger partial charge is 0.328 e. The van der Waals surface area contributed by atoms with Crippen LogP contribution in [0, 0.1) is 5.92 Å². The number of hydrogen-bond donors (Lipinski definition) is 1. The summed E-state index contributed by atoms with van der Waals surface area (Å²) in [6, 6.07) is 5.29. The average molecular weight is 402 g/mol. The Morgan fingerprint density at radius 3 is 2.46 bits per heavy atom. The monoisotopic (exact) mass is 401 g/mol. The number of amides is 1. The Kier molecular flexibility index (Phi) is 6.71. The van der Waals surface area contributed by atoms with Gasteiger partial charge in [0.05, 0.1) is 4.90 Å². The van der Waals surface area contributed by atoms with Crippen molar-refractivity contribution in [3.05, 3.63) is 23.8 Å². The van der Waals surface area contributed by atoms with Gasteiger partial charge in [-0.25, -0.2) is 8.42 Å². The highest BCUT2D eigenvalue weighted by Gasteiger charge is 2.31. The summed E-state index contributed by atoms with van der Waals surface area (Å²) < 4.78 is 27.6. The van der Waals surface area contributed by atoms with E-state index in [1.807, 2.05) is 13.0 Å². The molecule has 8 heteroatoms. The molecule has 1 amide bonds. The first-order chi connectivity index (χ1) is 11.8. The van der Waals surface area contributed by atoms with Gasteiger partial charge in [0, 0.05) is 38.3 Å². The lowest BCUT2D eigenvalue weighted by Gasteiger charge is -2.33. The molecule has 2 aliphatic heterocycles. The van der Waals surface area contributed by atoms with E-state index in [4.69, 9.17) is 5.73 Å². The zero-order valence-electron chi connectivity index (χ0n) is 15.3. The van der Waals surface area contributed by atoms with Crippen molar-refractivity contribution in [1.29, 1.82) is 0 Å². The van der Waals surface area contributed by atoms with E-state index in [9.17, 15) is 13.2 Å². The van der Waals surface area contributed by atoms with Crippen LogP contribution < -0.4 is 10.6 Å². The van der Waals surface area contributed by atoms with Gasteiger partial charge < -0.3 is 10.6 Å². The van der Waals surface area contributed by atoms with Crippen LogP contribution in [0.4, 0.5) is 5.69 Å². The second kappa shape index (κ2) is 8.25. The molecule has 0 aliphatic carbocycles. The van der Waals surface area contributed by atoms with Gasteiger partial charge in [-0.2, -0.15) is 4.31 Å². The van der Waals surface area contributed by atoms with Gasteiger partial charge in [-0.15, -0.1) is 12.4 Å². The number of nitrogens with two attached hydrogens (primary N) is 1. The van der Waals surface area contributed by atoms with Crippen molar-refractivity contribution < 1.29 is 13.2 Å². The molecule has 2 aliphatic rings. The number of nitrogens with zero attached hydrogens (tertiary/aromatic N) is 2. The number of sulfonamides is 1. The van der Waals surface area contributed by atoms with Crippen LogP contribution in [-0.4, -0.2) is 44.3 Å². The zero-order chi connectivity index (χ0) is 18.2. The quantitative estimate of drug-likeness (QED) is 0.841. The van der Waals surface area contributed by atoms with E-state index in [-0.39, 0.29) is 29.3 Å². The van der Waals surface area contributed by atoms with Crippen LogP contribution in [0.1, 0.15) is 38.7 Å². The summed E-state index contributed by atoms with van der Waals surface area (Å²) in [6.45, 7) is 5.15. The van der Waals surface area contributed by atoms with Crippen molar-refractivity contribution in [2.45, 2.75) is 50.5 Å². The van der Waals surface area contributed by atoms with Gasteiger partial charge in [0.25, 0.3) is 0 Å². The average Bonchev–Trinajstić information content (AvgIpc) is 2.60. The number of hydrogen-bond acceptors (Lipinski definition) is 4. The van der Waals surface area contributed by atoms with Gasteiger partial charge in [0.1, 0.15) is 0 Å². The first-order valence-electron chi connectivity index (χ1n) is 8.97. The Morgan fingerprint density at radius 2 is 1.88 bits per heavy atom. The summed E-state index contributed by atoms with van der Waals surface area (Å²) in [6.07, 6.45) is 3.37. The molecule has 0 bridgehead atoms. The molecular weight excluding hydrogens is 374 g/mol. The standard InChI is InChI=1S/C18H27N3O3S.ClH/c1-13(19)15-7-10-20(11-8-15)25(23,24)17-6-5-16-4-3-9-21(14(2)22)18(16)12-17;/h5-6,12-13,15H,3-4,7-11,19H2,1-2H3;1H. The number of carbonyl (C=O) groups is 1. The highest BCUT2D eigenvalue weighted by molar-refractivity contribution is 7.89. The molecule has 0 saturated carbocycles. The van der Waals surface area contributed by atoms with E-state index in [0.29, 0.717) is 25.6 Å². The summed E-state index contributed by atoms with van der Waals surface area (Å²) >= 11 is 0. The Labute approximate surface area is 162 Å². The minimum absolute atomic E-state index is 0. The van der Waals surface area contributed by atoms with Gasteiger partial charge in [-0.1, -0.05) is 6.07 Å². The van der Waals surface area contributed by atoms with Crippen molar-refractivity contribution in [3.63, 3.8) is 0 Å². The molecule has 0 spiro atoms. The van der Waals surface area contributed by atoms with Crippen LogP contribution in [0.25, 0.3) is 0 Å². The van der Waals surface area contributed by atoms with Gasteiger partial charge >= 0.3 is 0 Å². The molecule has 26 heavy (non-hydrogen) atoms. The second-order valence-electron chi connectivity index (χ2n) is 7.17. The molecule has 1 aromatic carbocycles. The molecule has 3 rings (SSSR count). The van der Waals surface area contributed by atoms with Gasteiger partial charge in [0.2, 0.25) is 15.9 Å². The summed E-state index contributed by atoms with van der Waals surface area (Å²) in [5.41, 5.74) is 7.73. The first-order valence-corrected chi connectivity index (χ1v) is 10.4. The SMILES string of the molecule is CC(=O)N1CCCc2ccc(S(=O)(=O)N3CCC(C(C)N)CC3)cc21.Cl. The number of halogens is 1. The number of rotatable bonds is 3. The van der Waals surface area contributed by atoms with Crippen LogP contribution in [0.3, 0.4) is 0 Å². The Bertz CT molecular complexity index is 759. The van der Waals surface area contributed by atoms with Crippen molar-refractivity contribution in [1.82, 2.24) is 4.31 Å². The molecule has 6 nitrogen and oxygen atoms in total. The van der Waals surface area contributed by atoms with Crippen LogP contribution in [0.2, 0.25) is 0 Å². The first kappa shape index (κ1) is 21.2. The van der Waals surface area contributed by atoms with Crippen molar-refractivity contribution >= 4 is 34.0 Å². The Morgan fingerprint density at radius 1 is 1.23 bits per heavy atom. The van der Waals surface area contributed by atoms with E-state index in [0.717, 1.165) is 36.9 Å². The number of carbonyl (C=O) groups excluding carboxylic acids is 1. The Balaban J connectivity index is 0.00000243. The lowest BCUT2D eigenvalue weighted by atomic mass is 9.92. The minimum atomic E-state index is -3.54. The van der Waals surface area contributed by atoms with Crippen molar-refractivity contribution in [3.8, 4) is 0 Å². The highest BCUT2D eigenvalue weighted by Crippen LogP contribution is 2.32. The molecule has 1 atom stereocenters. The van der Waals surface area contributed by atoms with E-state index >= 15 is 0 Å². The molecule has 1 saturated heterocycles. The molecule has 0 aromatic heterocycles. The summed E-state index contributed by atoms with van der Waals surface area (Å²) in [4.78, 5) is 13.8. The zero-order valence-corrected chi connectivity index (χ0v) is 17.0. The summed E-state index contributed by atoms with van der Waals surface area (Å²) in [5.74, 6) is 0.330. The number of anilines is 1. The van der Waals surface area contributed by atoms with Gasteiger partial charge in [-0.3, -0.25) is 4.79 Å². The van der Waals surface area contributed by atoms with E-state index in [1.54, 1.807) is 21.3 Å². The number of aryl methyl sites for hydroxylation is 1. The van der Waals surface area contributed by atoms with Crippen molar-refractivity contribution in [2.24, 2.45) is 11.7 Å². The molecule has 1 fully saturated rings. The highest BCUT2D eigenvalue weighted by atomic mass is 35.5. The predicted molar refractivity (Wildman–Crippen MR) is 105 cm³/mol. The van der Waals surface area contributed by atoms with Crippen LogP contribution in [0.5, 0.6) is 0 Å². The molecule has 2 N–H and O–H groups in total. The second-order valence-corrected chi connectivity index (χ2v) is 9.10. The Hall–Kier alpha value is -1.15. The summed E-state index contributed by atoms with van der Waals surface area (Å²) in [7, 11) is -3.54. The normalized spacial score (nSPS) is 20.2. The molecule has 1 aromatic rings. The fourth-order valence-corrected chi connectivity index (χ4v) is 5.32.